The van der Waals surface area contributed by atoms with Gasteiger partial charge in [-0.25, -0.2) is 0 Å². The van der Waals surface area contributed by atoms with E-state index in [1.165, 1.54) is 11.3 Å². The van der Waals surface area contributed by atoms with Crippen LogP contribution >= 0.6 is 11.6 Å². The summed E-state index contributed by atoms with van der Waals surface area (Å²) < 4.78 is 2.11. The van der Waals surface area contributed by atoms with Crippen LogP contribution in [0.1, 0.15) is 53.0 Å². The summed E-state index contributed by atoms with van der Waals surface area (Å²) in [6.45, 7) is 7.02. The first-order chi connectivity index (χ1) is 11.9. The van der Waals surface area contributed by atoms with Gasteiger partial charge in [0.2, 0.25) is 0 Å². The maximum absolute atomic E-state index is 12.5. The molecule has 3 rings (SSSR count). The molecule has 6 heteroatoms. The number of rotatable bonds is 4. The lowest BCUT2D eigenvalue weighted by atomic mass is 9.86. The summed E-state index contributed by atoms with van der Waals surface area (Å²) >= 11 is 5.96. The SMILES string of the molecule is Cc1cnn(C[C@H]2CC[C@H](NC(=O)c3cc(Cl)cnc3C)CC2)c1C. The zero-order valence-electron chi connectivity index (χ0n) is 15.1. The minimum Gasteiger partial charge on any atom is -0.349 e. The molecule has 1 saturated carbocycles. The number of halogens is 1. The molecule has 0 atom stereocenters. The molecule has 0 aliphatic heterocycles. The highest BCUT2D eigenvalue weighted by Crippen LogP contribution is 2.26. The highest BCUT2D eigenvalue weighted by atomic mass is 35.5. The van der Waals surface area contributed by atoms with E-state index in [-0.39, 0.29) is 11.9 Å². The van der Waals surface area contributed by atoms with Crippen molar-refractivity contribution in [1.82, 2.24) is 20.1 Å². The van der Waals surface area contributed by atoms with Gasteiger partial charge in [-0.05, 0) is 64.0 Å². The summed E-state index contributed by atoms with van der Waals surface area (Å²) in [6, 6.07) is 1.91. The van der Waals surface area contributed by atoms with Crippen LogP contribution in [0.15, 0.2) is 18.5 Å². The third-order valence-electron chi connectivity index (χ3n) is 5.26. The van der Waals surface area contributed by atoms with E-state index in [9.17, 15) is 4.79 Å². The molecule has 0 radical (unpaired) electrons. The number of carbonyl (C=O) groups is 1. The van der Waals surface area contributed by atoms with Crippen LogP contribution in [-0.2, 0) is 6.54 Å². The van der Waals surface area contributed by atoms with E-state index >= 15 is 0 Å². The van der Waals surface area contributed by atoms with Gasteiger partial charge in [0.25, 0.3) is 5.91 Å². The molecule has 0 bridgehead atoms. The summed E-state index contributed by atoms with van der Waals surface area (Å²) in [7, 11) is 0. The molecular weight excluding hydrogens is 336 g/mol. The number of aryl methyl sites for hydroxylation is 2. The monoisotopic (exact) mass is 360 g/mol. The fourth-order valence-electron chi connectivity index (χ4n) is 3.46. The molecule has 1 N–H and O–H groups in total. The van der Waals surface area contributed by atoms with Gasteiger partial charge in [-0.15, -0.1) is 0 Å². The van der Waals surface area contributed by atoms with Gasteiger partial charge in [0.1, 0.15) is 0 Å². The van der Waals surface area contributed by atoms with Crippen LogP contribution in [-0.4, -0.2) is 26.7 Å². The Hall–Kier alpha value is -1.88. The molecule has 0 saturated heterocycles. The van der Waals surface area contributed by atoms with Gasteiger partial charge in [-0.3, -0.25) is 14.5 Å². The minimum absolute atomic E-state index is 0.0745. The maximum Gasteiger partial charge on any atom is 0.253 e. The second-order valence-corrected chi connectivity index (χ2v) is 7.51. The minimum atomic E-state index is -0.0745. The predicted molar refractivity (Wildman–Crippen MR) is 98.9 cm³/mol. The molecule has 2 heterocycles. The third kappa shape index (κ3) is 4.21. The van der Waals surface area contributed by atoms with Crippen molar-refractivity contribution in [2.75, 3.05) is 0 Å². The van der Waals surface area contributed by atoms with E-state index in [2.05, 4.69) is 33.9 Å². The van der Waals surface area contributed by atoms with Crippen LogP contribution in [0, 0.1) is 26.7 Å². The topological polar surface area (TPSA) is 59.8 Å². The van der Waals surface area contributed by atoms with Crippen molar-refractivity contribution in [3.05, 3.63) is 46.0 Å². The molecule has 1 fully saturated rings. The Labute approximate surface area is 153 Å². The summed E-state index contributed by atoms with van der Waals surface area (Å²) in [5.41, 5.74) is 3.77. The molecule has 5 nitrogen and oxygen atoms in total. The van der Waals surface area contributed by atoms with Crippen molar-refractivity contribution in [2.24, 2.45) is 5.92 Å². The molecule has 0 unspecified atom stereocenters. The molecule has 0 spiro atoms. The number of amides is 1. The van der Waals surface area contributed by atoms with Gasteiger partial charge in [0.15, 0.2) is 0 Å². The van der Waals surface area contributed by atoms with Gasteiger partial charge < -0.3 is 5.32 Å². The van der Waals surface area contributed by atoms with Crippen LogP contribution in [0.3, 0.4) is 0 Å². The standard InChI is InChI=1S/C19H25ClN4O/c1-12-9-22-24(14(12)3)11-15-4-6-17(7-5-15)23-19(25)18-8-16(20)10-21-13(18)2/h8-10,15,17H,4-7,11H2,1-3H3,(H,23,25)/t15-,17-. The summed E-state index contributed by atoms with van der Waals surface area (Å²) in [4.78, 5) is 16.6. The van der Waals surface area contributed by atoms with Gasteiger partial charge in [-0.2, -0.15) is 5.10 Å². The second kappa shape index (κ2) is 7.56. The summed E-state index contributed by atoms with van der Waals surface area (Å²) in [6.07, 6.45) is 7.72. The highest BCUT2D eigenvalue weighted by Gasteiger charge is 2.24. The van der Waals surface area contributed by atoms with E-state index in [0.717, 1.165) is 32.2 Å². The van der Waals surface area contributed by atoms with Crippen molar-refractivity contribution in [1.29, 1.82) is 0 Å². The third-order valence-corrected chi connectivity index (χ3v) is 5.47. The average Bonchev–Trinajstić information content (AvgIpc) is 2.91. The van der Waals surface area contributed by atoms with Crippen molar-refractivity contribution < 1.29 is 4.79 Å². The predicted octanol–water partition coefficient (Wildman–Crippen LogP) is 3.85. The maximum atomic E-state index is 12.5. The Bertz CT molecular complexity index is 763. The van der Waals surface area contributed by atoms with Crippen LogP contribution < -0.4 is 5.32 Å². The number of nitrogens with one attached hydrogen (secondary N) is 1. The van der Waals surface area contributed by atoms with Crippen LogP contribution in [0.4, 0.5) is 0 Å². The van der Waals surface area contributed by atoms with E-state index in [1.54, 1.807) is 12.3 Å². The number of pyridine rings is 1. The van der Waals surface area contributed by atoms with Gasteiger partial charge >= 0.3 is 0 Å². The smallest absolute Gasteiger partial charge is 0.253 e. The molecule has 25 heavy (non-hydrogen) atoms. The van der Waals surface area contributed by atoms with Crippen LogP contribution in [0.5, 0.6) is 0 Å². The zero-order valence-corrected chi connectivity index (χ0v) is 15.8. The average molecular weight is 361 g/mol. The molecule has 1 amide bonds. The first-order valence-corrected chi connectivity index (χ1v) is 9.24. The number of hydrogen-bond donors (Lipinski definition) is 1. The van der Waals surface area contributed by atoms with E-state index in [0.29, 0.717) is 22.2 Å². The molecule has 1 aliphatic rings. The van der Waals surface area contributed by atoms with Crippen molar-refractivity contribution in [2.45, 2.75) is 59.0 Å². The largest absolute Gasteiger partial charge is 0.349 e. The second-order valence-electron chi connectivity index (χ2n) is 7.07. The van der Waals surface area contributed by atoms with E-state index in [1.807, 2.05) is 13.1 Å². The van der Waals surface area contributed by atoms with Crippen molar-refractivity contribution in [3.8, 4) is 0 Å². The number of hydrogen-bond acceptors (Lipinski definition) is 3. The molecule has 2 aromatic heterocycles. The lowest BCUT2D eigenvalue weighted by Gasteiger charge is -2.29. The summed E-state index contributed by atoms with van der Waals surface area (Å²) in [5.74, 6) is 0.551. The van der Waals surface area contributed by atoms with Crippen LogP contribution in [0.25, 0.3) is 0 Å². The Balaban J connectivity index is 1.53. The van der Waals surface area contributed by atoms with E-state index < -0.39 is 0 Å². The van der Waals surface area contributed by atoms with Crippen LogP contribution in [0.2, 0.25) is 5.02 Å². The molecule has 2 aromatic rings. The Kier molecular flexibility index (Phi) is 5.42. The first-order valence-electron chi connectivity index (χ1n) is 8.86. The fourth-order valence-corrected chi connectivity index (χ4v) is 3.62. The van der Waals surface area contributed by atoms with Crippen molar-refractivity contribution >= 4 is 17.5 Å². The van der Waals surface area contributed by atoms with Gasteiger partial charge in [-0.1, -0.05) is 11.6 Å². The van der Waals surface area contributed by atoms with Gasteiger partial charge in [0, 0.05) is 24.5 Å². The molecule has 134 valence electrons. The molecule has 1 aliphatic carbocycles. The summed E-state index contributed by atoms with van der Waals surface area (Å²) in [5, 5.41) is 8.10. The zero-order chi connectivity index (χ0) is 18.0. The lowest BCUT2D eigenvalue weighted by molar-refractivity contribution is 0.0919. The highest BCUT2D eigenvalue weighted by molar-refractivity contribution is 6.30. The Morgan fingerprint density at radius 2 is 1.96 bits per heavy atom. The number of nitrogens with zero attached hydrogens (tertiary/aromatic N) is 3. The number of carbonyl (C=O) groups excluding carboxylic acids is 1. The Morgan fingerprint density at radius 3 is 2.60 bits per heavy atom. The normalized spacial score (nSPS) is 20.5. The van der Waals surface area contributed by atoms with Gasteiger partial charge in [0.05, 0.1) is 22.5 Å². The van der Waals surface area contributed by atoms with Crippen molar-refractivity contribution in [3.63, 3.8) is 0 Å². The van der Waals surface area contributed by atoms with E-state index in [4.69, 9.17) is 11.6 Å². The first kappa shape index (κ1) is 17.9. The molecule has 0 aromatic carbocycles. The quantitative estimate of drug-likeness (QED) is 0.900. The number of aromatic nitrogens is 3. The molecular formula is C19H25ClN4O. The lowest BCUT2D eigenvalue weighted by Crippen LogP contribution is -2.38. The Morgan fingerprint density at radius 1 is 1.24 bits per heavy atom. The fraction of sp³-hybridized carbons (Fsp3) is 0.526.